The van der Waals surface area contributed by atoms with Crippen molar-refractivity contribution in [3.05, 3.63) is 22.8 Å². The van der Waals surface area contributed by atoms with E-state index < -0.39 is 10.0 Å². The van der Waals surface area contributed by atoms with Gasteiger partial charge in [-0.25, -0.2) is 13.4 Å². The lowest BCUT2D eigenvalue weighted by atomic mass is 10.5. The lowest BCUT2D eigenvalue weighted by molar-refractivity contribution is 0.599. The molecule has 1 N–H and O–H groups in total. The molecule has 4 nitrogen and oxygen atoms in total. The molecule has 0 radical (unpaired) electrons. The highest BCUT2D eigenvalue weighted by molar-refractivity contribution is 9.10. The summed E-state index contributed by atoms with van der Waals surface area (Å²) < 4.78 is 25.8. The molecule has 0 atom stereocenters. The molecule has 0 aliphatic heterocycles. The summed E-state index contributed by atoms with van der Waals surface area (Å²) in [5, 5.41) is 0. The predicted octanol–water partition coefficient (Wildman–Crippen LogP) is 2.00. The minimum atomic E-state index is -3.25. The number of hydrogen-bond donors (Lipinski definition) is 1. The van der Waals surface area contributed by atoms with Gasteiger partial charge >= 0.3 is 0 Å². The second-order valence-corrected chi connectivity index (χ2v) is 5.45. The van der Waals surface area contributed by atoms with Crippen LogP contribution in [0, 0.1) is 0 Å². The van der Waals surface area contributed by atoms with E-state index in [2.05, 4.69) is 25.6 Å². The first-order chi connectivity index (χ1) is 6.55. The van der Waals surface area contributed by atoms with E-state index in [1.165, 1.54) is 6.20 Å². The number of nitrogens with one attached hydrogen (secondary N) is 1. The van der Waals surface area contributed by atoms with E-state index in [4.69, 9.17) is 0 Å². The summed E-state index contributed by atoms with van der Waals surface area (Å²) in [4.78, 5) is 3.91. The molecule has 1 heterocycles. The second kappa shape index (κ2) is 4.75. The molecule has 0 fully saturated rings. The van der Waals surface area contributed by atoms with Crippen LogP contribution in [0.2, 0.25) is 0 Å². The highest BCUT2D eigenvalue weighted by Gasteiger charge is 2.10. The van der Waals surface area contributed by atoms with Gasteiger partial charge in [0.15, 0.2) is 5.82 Å². The van der Waals surface area contributed by atoms with E-state index in [0.29, 0.717) is 16.7 Å². The van der Waals surface area contributed by atoms with Gasteiger partial charge in [-0.15, -0.1) is 0 Å². The molecule has 1 aromatic rings. The number of pyridine rings is 1. The average molecular weight is 279 g/mol. The molecule has 78 valence electrons. The summed E-state index contributed by atoms with van der Waals surface area (Å²) in [7, 11) is -3.25. The molecule has 0 unspecified atom stereocenters. The third-order valence-electron chi connectivity index (χ3n) is 1.48. The summed E-state index contributed by atoms with van der Waals surface area (Å²) in [6.45, 7) is 1.81. The first kappa shape index (κ1) is 11.5. The topological polar surface area (TPSA) is 59.1 Å². The Balaban J connectivity index is 2.84. The van der Waals surface area contributed by atoms with E-state index in [1.54, 1.807) is 12.1 Å². The Morgan fingerprint density at radius 1 is 1.57 bits per heavy atom. The van der Waals surface area contributed by atoms with Crippen molar-refractivity contribution in [2.24, 2.45) is 0 Å². The highest BCUT2D eigenvalue weighted by atomic mass is 79.9. The number of aromatic nitrogens is 1. The molecule has 6 heteroatoms. The van der Waals surface area contributed by atoms with Gasteiger partial charge in [-0.1, -0.05) is 6.92 Å². The molecule has 1 rings (SSSR count). The van der Waals surface area contributed by atoms with E-state index in [-0.39, 0.29) is 5.75 Å². The molecule has 0 bridgehead atoms. The summed E-state index contributed by atoms with van der Waals surface area (Å²) in [5.41, 5.74) is 0. The van der Waals surface area contributed by atoms with Crippen LogP contribution in [0.15, 0.2) is 22.8 Å². The van der Waals surface area contributed by atoms with Gasteiger partial charge in [0.1, 0.15) is 0 Å². The Bertz CT molecular complexity index is 406. The van der Waals surface area contributed by atoms with Gasteiger partial charge in [0.05, 0.1) is 10.2 Å². The fourth-order valence-electron chi connectivity index (χ4n) is 0.928. The minimum absolute atomic E-state index is 0.107. The predicted molar refractivity (Wildman–Crippen MR) is 59.6 cm³/mol. The zero-order chi connectivity index (χ0) is 10.6. The molecular weight excluding hydrogens is 268 g/mol. The summed E-state index contributed by atoms with van der Waals surface area (Å²) in [6, 6.07) is 3.46. The maximum absolute atomic E-state index is 11.4. The fourth-order valence-corrected chi connectivity index (χ4v) is 2.51. The summed E-state index contributed by atoms with van der Waals surface area (Å²) >= 11 is 3.21. The average Bonchev–Trinajstić information content (AvgIpc) is 2.08. The van der Waals surface area contributed by atoms with E-state index in [1.807, 2.05) is 6.92 Å². The number of hydrogen-bond acceptors (Lipinski definition) is 3. The van der Waals surface area contributed by atoms with E-state index in [0.717, 1.165) is 0 Å². The third kappa shape index (κ3) is 3.26. The maximum Gasteiger partial charge on any atom is 0.233 e. The lowest BCUT2D eigenvalue weighted by Gasteiger charge is -2.06. The van der Waals surface area contributed by atoms with Crippen LogP contribution >= 0.6 is 15.9 Å². The fraction of sp³-hybridized carbons (Fsp3) is 0.375. The first-order valence-electron chi connectivity index (χ1n) is 4.16. The Labute approximate surface area is 91.9 Å². The largest absolute Gasteiger partial charge is 0.266 e. The Hall–Kier alpha value is -0.620. The van der Waals surface area contributed by atoms with Crippen LogP contribution in [-0.4, -0.2) is 19.2 Å². The zero-order valence-electron chi connectivity index (χ0n) is 7.70. The van der Waals surface area contributed by atoms with Crippen LogP contribution in [0.5, 0.6) is 0 Å². The molecule has 0 aromatic carbocycles. The van der Waals surface area contributed by atoms with Gasteiger partial charge < -0.3 is 0 Å². The van der Waals surface area contributed by atoms with Crippen molar-refractivity contribution in [1.82, 2.24) is 4.98 Å². The molecule has 0 amide bonds. The van der Waals surface area contributed by atoms with Gasteiger partial charge in [-0.3, -0.25) is 4.72 Å². The molecule has 0 saturated carbocycles. The van der Waals surface area contributed by atoms with E-state index in [9.17, 15) is 8.42 Å². The van der Waals surface area contributed by atoms with Crippen molar-refractivity contribution in [1.29, 1.82) is 0 Å². The molecule has 1 aromatic heterocycles. The molecular formula is C8H11BrN2O2S. The van der Waals surface area contributed by atoms with Crippen LogP contribution < -0.4 is 4.72 Å². The minimum Gasteiger partial charge on any atom is -0.266 e. The van der Waals surface area contributed by atoms with Crippen molar-refractivity contribution in [2.45, 2.75) is 13.3 Å². The van der Waals surface area contributed by atoms with Crippen LogP contribution in [0.4, 0.5) is 5.82 Å². The number of anilines is 1. The van der Waals surface area contributed by atoms with Gasteiger partial charge in [-0.05, 0) is 34.5 Å². The van der Waals surface area contributed by atoms with Gasteiger partial charge in [0.25, 0.3) is 0 Å². The quantitative estimate of drug-likeness (QED) is 0.917. The van der Waals surface area contributed by atoms with Crippen molar-refractivity contribution in [2.75, 3.05) is 10.5 Å². The van der Waals surface area contributed by atoms with Crippen molar-refractivity contribution in [3.63, 3.8) is 0 Å². The summed E-state index contributed by atoms with van der Waals surface area (Å²) in [6.07, 6.45) is 2.12. The smallest absolute Gasteiger partial charge is 0.233 e. The van der Waals surface area contributed by atoms with Crippen molar-refractivity contribution >= 4 is 31.8 Å². The van der Waals surface area contributed by atoms with Crippen LogP contribution in [0.3, 0.4) is 0 Å². The number of nitrogens with zero attached hydrogens (tertiary/aromatic N) is 1. The Morgan fingerprint density at radius 3 is 2.86 bits per heavy atom. The van der Waals surface area contributed by atoms with Crippen molar-refractivity contribution < 1.29 is 8.42 Å². The summed E-state index contributed by atoms with van der Waals surface area (Å²) in [5.74, 6) is 0.441. The maximum atomic E-state index is 11.4. The second-order valence-electron chi connectivity index (χ2n) is 2.75. The molecule has 0 aliphatic carbocycles. The van der Waals surface area contributed by atoms with Crippen LogP contribution in [0.1, 0.15) is 13.3 Å². The number of rotatable bonds is 4. The first-order valence-corrected chi connectivity index (χ1v) is 6.60. The normalized spacial score (nSPS) is 11.3. The van der Waals surface area contributed by atoms with Gasteiger partial charge in [0.2, 0.25) is 10.0 Å². The van der Waals surface area contributed by atoms with Gasteiger partial charge in [-0.2, -0.15) is 0 Å². The van der Waals surface area contributed by atoms with Crippen LogP contribution in [0.25, 0.3) is 0 Å². The molecule has 14 heavy (non-hydrogen) atoms. The third-order valence-corrected chi connectivity index (χ3v) is 3.57. The highest BCUT2D eigenvalue weighted by Crippen LogP contribution is 2.19. The zero-order valence-corrected chi connectivity index (χ0v) is 10.1. The standard InChI is InChI=1S/C8H11BrN2O2S/c1-2-6-14(12,13)11-8-7(9)4-3-5-10-8/h3-5H,2,6H2,1H3,(H,10,11). The van der Waals surface area contributed by atoms with E-state index >= 15 is 0 Å². The Morgan fingerprint density at radius 2 is 2.29 bits per heavy atom. The van der Waals surface area contributed by atoms with Gasteiger partial charge in [0, 0.05) is 6.20 Å². The lowest BCUT2D eigenvalue weighted by Crippen LogP contribution is -2.17. The molecule has 0 spiro atoms. The molecule has 0 aliphatic rings. The molecule has 0 saturated heterocycles. The van der Waals surface area contributed by atoms with Crippen molar-refractivity contribution in [3.8, 4) is 0 Å². The van der Waals surface area contributed by atoms with Crippen LogP contribution in [-0.2, 0) is 10.0 Å². The SMILES string of the molecule is CCCS(=O)(=O)Nc1ncccc1Br. The Kier molecular flexibility index (Phi) is 3.88. The number of halogens is 1. The number of sulfonamides is 1. The monoisotopic (exact) mass is 278 g/mol.